The lowest BCUT2D eigenvalue weighted by Gasteiger charge is -2.09. The Bertz CT molecular complexity index is 501. The van der Waals surface area contributed by atoms with E-state index in [1.54, 1.807) is 0 Å². The zero-order valence-electron chi connectivity index (χ0n) is 13.7. The van der Waals surface area contributed by atoms with Gasteiger partial charge in [0.2, 0.25) is 5.91 Å². The minimum absolute atomic E-state index is 0.0215. The summed E-state index contributed by atoms with van der Waals surface area (Å²) in [7, 11) is 0. The van der Waals surface area contributed by atoms with E-state index < -0.39 is 0 Å². The molecule has 0 heterocycles. The van der Waals surface area contributed by atoms with Crippen LogP contribution in [0.3, 0.4) is 0 Å². The van der Waals surface area contributed by atoms with Crippen LogP contribution in [-0.2, 0) is 9.59 Å². The first-order valence-electron chi connectivity index (χ1n) is 7.76. The molecule has 0 aliphatic heterocycles. The third-order valence-electron chi connectivity index (χ3n) is 3.38. The van der Waals surface area contributed by atoms with Gasteiger partial charge in [0.1, 0.15) is 5.75 Å². The number of amides is 2. The first-order chi connectivity index (χ1) is 10.5. The van der Waals surface area contributed by atoms with Crippen LogP contribution in [0.4, 0.5) is 0 Å². The second-order valence-corrected chi connectivity index (χ2v) is 5.34. The van der Waals surface area contributed by atoms with Crippen molar-refractivity contribution in [3.8, 4) is 5.75 Å². The number of carbonyl (C=O) groups is 2. The Morgan fingerprint density at radius 1 is 1.05 bits per heavy atom. The van der Waals surface area contributed by atoms with Gasteiger partial charge < -0.3 is 15.4 Å². The molecule has 0 aliphatic carbocycles. The Balaban J connectivity index is 2.15. The highest BCUT2D eigenvalue weighted by molar-refractivity contribution is 5.78. The van der Waals surface area contributed by atoms with Gasteiger partial charge in [-0.05, 0) is 43.5 Å². The number of ether oxygens (including phenoxy) is 1. The van der Waals surface area contributed by atoms with Crippen LogP contribution in [-0.4, -0.2) is 31.5 Å². The van der Waals surface area contributed by atoms with E-state index in [-0.39, 0.29) is 18.4 Å². The summed E-state index contributed by atoms with van der Waals surface area (Å²) in [4.78, 5) is 23.0. The molecule has 5 nitrogen and oxygen atoms in total. The lowest BCUT2D eigenvalue weighted by atomic mass is 10.1. The zero-order valence-corrected chi connectivity index (χ0v) is 13.7. The van der Waals surface area contributed by atoms with Crippen LogP contribution in [0.15, 0.2) is 18.2 Å². The minimum atomic E-state index is -0.193. The van der Waals surface area contributed by atoms with Crippen LogP contribution >= 0.6 is 0 Å². The largest absolute Gasteiger partial charge is 0.484 e. The molecule has 0 atom stereocenters. The van der Waals surface area contributed by atoms with Gasteiger partial charge in [-0.2, -0.15) is 0 Å². The molecule has 22 heavy (non-hydrogen) atoms. The van der Waals surface area contributed by atoms with Gasteiger partial charge in [0.25, 0.3) is 5.91 Å². The molecule has 1 aromatic carbocycles. The molecule has 2 N–H and O–H groups in total. The van der Waals surface area contributed by atoms with Gasteiger partial charge in [0.15, 0.2) is 6.61 Å². The predicted molar refractivity (Wildman–Crippen MR) is 87.0 cm³/mol. The summed E-state index contributed by atoms with van der Waals surface area (Å²) >= 11 is 0. The Morgan fingerprint density at radius 3 is 2.36 bits per heavy atom. The molecule has 0 unspecified atom stereocenters. The molecule has 1 aromatic rings. The Kier molecular flexibility index (Phi) is 8.04. The van der Waals surface area contributed by atoms with Crippen molar-refractivity contribution in [2.45, 2.75) is 40.0 Å². The zero-order chi connectivity index (χ0) is 16.4. The van der Waals surface area contributed by atoms with Crippen LogP contribution in [0.25, 0.3) is 0 Å². The molecular weight excluding hydrogens is 280 g/mol. The van der Waals surface area contributed by atoms with Crippen molar-refractivity contribution in [2.75, 3.05) is 19.7 Å². The molecule has 0 saturated heterocycles. The monoisotopic (exact) mass is 306 g/mol. The summed E-state index contributed by atoms with van der Waals surface area (Å²) in [6.45, 7) is 6.91. The van der Waals surface area contributed by atoms with Crippen molar-refractivity contribution >= 4 is 11.8 Å². The van der Waals surface area contributed by atoms with Gasteiger partial charge in [0.05, 0.1) is 0 Å². The molecule has 122 valence electrons. The fourth-order valence-electron chi connectivity index (χ4n) is 1.83. The fraction of sp³-hybridized carbons (Fsp3) is 0.529. The van der Waals surface area contributed by atoms with Crippen LogP contribution in [0.5, 0.6) is 5.75 Å². The van der Waals surface area contributed by atoms with Crippen molar-refractivity contribution in [1.29, 1.82) is 0 Å². The average molecular weight is 306 g/mol. The molecule has 0 bridgehead atoms. The summed E-state index contributed by atoms with van der Waals surface area (Å²) in [6, 6.07) is 5.73. The van der Waals surface area contributed by atoms with Gasteiger partial charge in [-0.1, -0.05) is 19.4 Å². The first kappa shape index (κ1) is 18.0. The van der Waals surface area contributed by atoms with Crippen LogP contribution in [0.2, 0.25) is 0 Å². The van der Waals surface area contributed by atoms with E-state index in [1.165, 1.54) is 5.56 Å². The normalized spacial score (nSPS) is 10.1. The smallest absolute Gasteiger partial charge is 0.258 e. The molecule has 1 rings (SSSR count). The number of aryl methyl sites for hydroxylation is 2. The Labute approximate surface area is 132 Å². The highest BCUT2D eigenvalue weighted by Gasteiger charge is 2.04. The number of benzene rings is 1. The van der Waals surface area contributed by atoms with Crippen LogP contribution < -0.4 is 15.4 Å². The number of hydrogen-bond donors (Lipinski definition) is 2. The Hall–Kier alpha value is -2.04. The summed E-state index contributed by atoms with van der Waals surface area (Å²) in [5, 5.41) is 5.48. The standard InChI is InChI=1S/C17H26N2O3/c1-4-5-6-16(20)18-9-10-19-17(21)12-22-15-8-7-13(2)14(3)11-15/h7-8,11H,4-6,9-10,12H2,1-3H3,(H,18,20)(H,19,21). The lowest BCUT2D eigenvalue weighted by Crippen LogP contribution is -2.36. The van der Waals surface area contributed by atoms with E-state index in [0.29, 0.717) is 25.3 Å². The molecular formula is C17H26N2O3. The molecule has 0 spiro atoms. The van der Waals surface area contributed by atoms with Gasteiger partial charge in [-0.25, -0.2) is 0 Å². The van der Waals surface area contributed by atoms with Crippen molar-refractivity contribution in [1.82, 2.24) is 10.6 Å². The maximum atomic E-state index is 11.6. The number of carbonyl (C=O) groups excluding carboxylic acids is 2. The Morgan fingerprint density at radius 2 is 1.73 bits per heavy atom. The van der Waals surface area contributed by atoms with E-state index in [1.807, 2.05) is 39.0 Å². The second kappa shape index (κ2) is 9.82. The summed E-state index contributed by atoms with van der Waals surface area (Å²) in [5.74, 6) is 0.523. The van der Waals surface area contributed by atoms with Gasteiger partial charge in [-0.3, -0.25) is 9.59 Å². The van der Waals surface area contributed by atoms with Gasteiger partial charge in [-0.15, -0.1) is 0 Å². The van der Waals surface area contributed by atoms with Crippen LogP contribution in [0.1, 0.15) is 37.3 Å². The van der Waals surface area contributed by atoms with Crippen molar-refractivity contribution < 1.29 is 14.3 Å². The van der Waals surface area contributed by atoms with Crippen molar-refractivity contribution in [3.63, 3.8) is 0 Å². The minimum Gasteiger partial charge on any atom is -0.484 e. The highest BCUT2D eigenvalue weighted by atomic mass is 16.5. The first-order valence-corrected chi connectivity index (χ1v) is 7.76. The molecule has 5 heteroatoms. The maximum absolute atomic E-state index is 11.6. The molecule has 0 saturated carbocycles. The molecule has 0 radical (unpaired) electrons. The molecule has 2 amide bonds. The molecule has 0 fully saturated rings. The maximum Gasteiger partial charge on any atom is 0.258 e. The van der Waals surface area contributed by atoms with E-state index in [2.05, 4.69) is 10.6 Å². The molecule has 0 aromatic heterocycles. The van der Waals surface area contributed by atoms with Crippen molar-refractivity contribution in [2.24, 2.45) is 0 Å². The predicted octanol–water partition coefficient (Wildman–Crippen LogP) is 2.10. The number of unbranched alkanes of at least 4 members (excludes halogenated alkanes) is 1. The number of rotatable bonds is 9. The molecule has 0 aliphatic rings. The van der Waals surface area contributed by atoms with Gasteiger partial charge in [0, 0.05) is 19.5 Å². The fourth-order valence-corrected chi connectivity index (χ4v) is 1.83. The average Bonchev–Trinajstić information content (AvgIpc) is 2.50. The second-order valence-electron chi connectivity index (χ2n) is 5.34. The quantitative estimate of drug-likeness (QED) is 0.687. The van der Waals surface area contributed by atoms with Gasteiger partial charge >= 0.3 is 0 Å². The number of hydrogen-bond acceptors (Lipinski definition) is 3. The summed E-state index contributed by atoms with van der Waals surface area (Å²) in [5.41, 5.74) is 2.32. The van der Waals surface area contributed by atoms with E-state index in [0.717, 1.165) is 18.4 Å². The lowest BCUT2D eigenvalue weighted by molar-refractivity contribution is -0.124. The van der Waals surface area contributed by atoms with Crippen molar-refractivity contribution in [3.05, 3.63) is 29.3 Å². The summed E-state index contributed by atoms with van der Waals surface area (Å²) < 4.78 is 5.44. The topological polar surface area (TPSA) is 67.4 Å². The van der Waals surface area contributed by atoms with Crippen LogP contribution in [0, 0.1) is 13.8 Å². The summed E-state index contributed by atoms with van der Waals surface area (Å²) in [6.07, 6.45) is 2.43. The third kappa shape index (κ3) is 7.11. The van der Waals surface area contributed by atoms with E-state index in [4.69, 9.17) is 4.74 Å². The SMILES string of the molecule is CCCCC(=O)NCCNC(=O)COc1ccc(C)c(C)c1. The van der Waals surface area contributed by atoms with E-state index in [9.17, 15) is 9.59 Å². The third-order valence-corrected chi connectivity index (χ3v) is 3.38. The number of nitrogens with one attached hydrogen (secondary N) is 2. The highest BCUT2D eigenvalue weighted by Crippen LogP contribution is 2.16. The van der Waals surface area contributed by atoms with E-state index >= 15 is 0 Å².